The van der Waals surface area contributed by atoms with E-state index in [0.717, 1.165) is 5.56 Å². The largest absolute Gasteiger partial charge is 0.480 e. The van der Waals surface area contributed by atoms with E-state index < -0.39 is 18.0 Å². The number of nitrogens with one attached hydrogen (secondary N) is 1. The van der Waals surface area contributed by atoms with E-state index in [-0.39, 0.29) is 6.42 Å². The van der Waals surface area contributed by atoms with Gasteiger partial charge in [-0.3, -0.25) is 14.9 Å². The van der Waals surface area contributed by atoms with Crippen molar-refractivity contribution in [1.82, 2.24) is 5.32 Å². The van der Waals surface area contributed by atoms with Gasteiger partial charge in [0.25, 0.3) is 0 Å². The van der Waals surface area contributed by atoms with Crippen molar-refractivity contribution in [3.8, 4) is 5.75 Å². The molecule has 0 saturated heterocycles. The molecule has 0 aliphatic rings. The Balaban J connectivity index is 1.89. The predicted molar refractivity (Wildman–Crippen MR) is 86.4 cm³/mol. The van der Waals surface area contributed by atoms with Crippen molar-refractivity contribution in [3.05, 3.63) is 65.2 Å². The van der Waals surface area contributed by atoms with Gasteiger partial charge in [0.15, 0.2) is 0 Å². The van der Waals surface area contributed by atoms with Crippen LogP contribution in [0, 0.1) is 0 Å². The second kappa shape index (κ2) is 8.31. The summed E-state index contributed by atoms with van der Waals surface area (Å²) in [5.41, 5.74) is 0.935. The number of carbonyl (C=O) groups excluding carboxylic acids is 1. The standard InChI is InChI=1S/C17H16ClNO4/c18-13-6-8-14(9-7-13)23-16(20)10-15(17(21)22)19-11-12-4-2-1-3-5-12/h1-9,15,19H,10-11H2,(H,21,22)/t15-/m0/s1. The first-order chi connectivity index (χ1) is 11.0. The first-order valence-electron chi connectivity index (χ1n) is 7.01. The summed E-state index contributed by atoms with van der Waals surface area (Å²) in [6.45, 7) is 0.353. The highest BCUT2D eigenvalue weighted by molar-refractivity contribution is 6.30. The molecule has 0 bridgehead atoms. The number of halogens is 1. The molecule has 2 rings (SSSR count). The molecule has 0 radical (unpaired) electrons. The van der Waals surface area contributed by atoms with Crippen molar-refractivity contribution in [2.75, 3.05) is 0 Å². The van der Waals surface area contributed by atoms with Gasteiger partial charge in [-0.25, -0.2) is 0 Å². The summed E-state index contributed by atoms with van der Waals surface area (Å²) in [5, 5.41) is 12.6. The van der Waals surface area contributed by atoms with Crippen LogP contribution < -0.4 is 10.1 Å². The lowest BCUT2D eigenvalue weighted by Gasteiger charge is -2.14. The van der Waals surface area contributed by atoms with Crippen LogP contribution in [0.1, 0.15) is 12.0 Å². The molecule has 0 saturated carbocycles. The van der Waals surface area contributed by atoms with Crippen molar-refractivity contribution in [2.45, 2.75) is 19.0 Å². The van der Waals surface area contributed by atoms with Gasteiger partial charge < -0.3 is 9.84 Å². The summed E-state index contributed by atoms with van der Waals surface area (Å²) in [6, 6.07) is 14.6. The molecule has 23 heavy (non-hydrogen) atoms. The Labute approximate surface area is 138 Å². The first-order valence-corrected chi connectivity index (χ1v) is 7.39. The molecular weight excluding hydrogens is 318 g/mol. The Hall–Kier alpha value is -2.37. The molecule has 0 fully saturated rings. The van der Waals surface area contributed by atoms with E-state index in [1.165, 1.54) is 0 Å². The number of ether oxygens (including phenoxy) is 1. The lowest BCUT2D eigenvalue weighted by Crippen LogP contribution is -2.38. The van der Waals surface area contributed by atoms with Crippen LogP contribution >= 0.6 is 11.6 Å². The molecule has 2 aromatic carbocycles. The summed E-state index contributed by atoms with van der Waals surface area (Å²) in [4.78, 5) is 23.1. The molecule has 0 unspecified atom stereocenters. The number of hydrogen-bond donors (Lipinski definition) is 2. The Morgan fingerprint density at radius 3 is 2.35 bits per heavy atom. The summed E-state index contributed by atoms with van der Waals surface area (Å²) in [6.07, 6.45) is -0.273. The van der Waals surface area contributed by atoms with E-state index in [4.69, 9.17) is 16.3 Å². The molecule has 0 spiro atoms. The minimum atomic E-state index is -1.10. The number of benzene rings is 2. The number of rotatable bonds is 7. The third kappa shape index (κ3) is 5.73. The van der Waals surface area contributed by atoms with Gasteiger partial charge in [0.1, 0.15) is 11.8 Å². The normalized spacial score (nSPS) is 11.7. The summed E-state index contributed by atoms with van der Waals surface area (Å²) in [5.74, 6) is -1.40. The SMILES string of the molecule is O=C(C[C@H](NCc1ccccc1)C(=O)O)Oc1ccc(Cl)cc1. The number of hydrogen-bond acceptors (Lipinski definition) is 4. The fourth-order valence-electron chi connectivity index (χ4n) is 1.93. The quantitative estimate of drug-likeness (QED) is 0.602. The van der Waals surface area contributed by atoms with Crippen molar-refractivity contribution >= 4 is 23.5 Å². The van der Waals surface area contributed by atoms with Gasteiger partial charge in [-0.2, -0.15) is 0 Å². The van der Waals surface area contributed by atoms with Crippen LogP contribution in [-0.4, -0.2) is 23.1 Å². The van der Waals surface area contributed by atoms with Crippen molar-refractivity contribution in [2.24, 2.45) is 0 Å². The molecule has 5 nitrogen and oxygen atoms in total. The van der Waals surface area contributed by atoms with Gasteiger partial charge in [0, 0.05) is 11.6 Å². The van der Waals surface area contributed by atoms with Crippen LogP contribution in [-0.2, 0) is 16.1 Å². The predicted octanol–water partition coefficient (Wildman–Crippen LogP) is 2.88. The minimum Gasteiger partial charge on any atom is -0.480 e. The van der Waals surface area contributed by atoms with E-state index in [2.05, 4.69) is 5.32 Å². The molecule has 0 amide bonds. The van der Waals surface area contributed by atoms with E-state index in [1.807, 2.05) is 30.3 Å². The maximum absolute atomic E-state index is 11.9. The summed E-state index contributed by atoms with van der Waals surface area (Å²) in [7, 11) is 0. The van der Waals surface area contributed by atoms with Gasteiger partial charge >= 0.3 is 11.9 Å². The number of carboxylic acid groups (broad SMARTS) is 1. The maximum Gasteiger partial charge on any atom is 0.321 e. The van der Waals surface area contributed by atoms with Crippen LogP contribution in [0.25, 0.3) is 0 Å². The average Bonchev–Trinajstić information content (AvgIpc) is 2.54. The summed E-state index contributed by atoms with van der Waals surface area (Å²) < 4.78 is 5.10. The van der Waals surface area contributed by atoms with E-state index >= 15 is 0 Å². The average molecular weight is 334 g/mol. The van der Waals surface area contributed by atoms with Gasteiger partial charge in [-0.1, -0.05) is 41.9 Å². The fourth-order valence-corrected chi connectivity index (χ4v) is 2.05. The number of carbonyl (C=O) groups is 2. The van der Waals surface area contributed by atoms with Crippen LogP contribution in [0.2, 0.25) is 5.02 Å². The zero-order valence-electron chi connectivity index (χ0n) is 12.2. The molecule has 0 aromatic heterocycles. The van der Waals surface area contributed by atoms with Crippen molar-refractivity contribution < 1.29 is 19.4 Å². The third-order valence-electron chi connectivity index (χ3n) is 3.11. The highest BCUT2D eigenvalue weighted by Crippen LogP contribution is 2.16. The fraction of sp³-hybridized carbons (Fsp3) is 0.176. The molecule has 2 aromatic rings. The zero-order chi connectivity index (χ0) is 16.7. The molecule has 0 aliphatic heterocycles. The Kier molecular flexibility index (Phi) is 6.14. The smallest absolute Gasteiger partial charge is 0.321 e. The molecule has 0 heterocycles. The molecule has 2 N–H and O–H groups in total. The van der Waals surface area contributed by atoms with Crippen LogP contribution in [0.5, 0.6) is 5.75 Å². The molecule has 1 atom stereocenters. The van der Waals surface area contributed by atoms with Crippen LogP contribution in [0.15, 0.2) is 54.6 Å². The van der Waals surface area contributed by atoms with E-state index in [0.29, 0.717) is 17.3 Å². The first kappa shape index (κ1) is 17.0. The van der Waals surface area contributed by atoms with Crippen LogP contribution in [0.4, 0.5) is 0 Å². The van der Waals surface area contributed by atoms with Gasteiger partial charge in [-0.15, -0.1) is 0 Å². The zero-order valence-corrected chi connectivity index (χ0v) is 13.0. The van der Waals surface area contributed by atoms with E-state index in [1.54, 1.807) is 24.3 Å². The molecule has 6 heteroatoms. The van der Waals surface area contributed by atoms with Crippen molar-refractivity contribution in [1.29, 1.82) is 0 Å². The third-order valence-corrected chi connectivity index (χ3v) is 3.36. The molecule has 0 aliphatic carbocycles. The minimum absolute atomic E-state index is 0.273. The number of esters is 1. The van der Waals surface area contributed by atoms with Gasteiger partial charge in [0.05, 0.1) is 6.42 Å². The second-order valence-electron chi connectivity index (χ2n) is 4.89. The lowest BCUT2D eigenvalue weighted by atomic mass is 10.1. The highest BCUT2D eigenvalue weighted by Gasteiger charge is 2.22. The Bertz CT molecular complexity index is 658. The second-order valence-corrected chi connectivity index (χ2v) is 5.33. The van der Waals surface area contributed by atoms with Gasteiger partial charge in [-0.05, 0) is 29.8 Å². The summed E-state index contributed by atoms with van der Waals surface area (Å²) >= 11 is 5.75. The van der Waals surface area contributed by atoms with Crippen molar-refractivity contribution in [3.63, 3.8) is 0 Å². The van der Waals surface area contributed by atoms with Crippen LogP contribution in [0.3, 0.4) is 0 Å². The highest BCUT2D eigenvalue weighted by atomic mass is 35.5. The van der Waals surface area contributed by atoms with E-state index in [9.17, 15) is 14.7 Å². The Morgan fingerprint density at radius 2 is 1.74 bits per heavy atom. The number of aliphatic carboxylic acids is 1. The molecular formula is C17H16ClNO4. The molecule has 120 valence electrons. The number of carboxylic acids is 1. The maximum atomic E-state index is 11.9. The Morgan fingerprint density at radius 1 is 1.09 bits per heavy atom. The monoisotopic (exact) mass is 333 g/mol. The van der Waals surface area contributed by atoms with Gasteiger partial charge in [0.2, 0.25) is 0 Å². The lowest BCUT2D eigenvalue weighted by molar-refractivity contribution is -0.144. The topological polar surface area (TPSA) is 75.6 Å².